The SMILES string of the molecule is C=CCOC(=O)[C@H]1[C@H]2C(=O)N([C@@H](CO)C(C)C)C(C(=O)N(CC=C)C(C)(C)CC(C)(C)C)C23CC(Br)[C@@H]1S3. The Morgan fingerprint density at radius 1 is 1.26 bits per heavy atom. The van der Waals surface area contributed by atoms with Crippen molar-refractivity contribution < 1.29 is 24.2 Å². The fourth-order valence-electron chi connectivity index (χ4n) is 7.14. The molecule has 0 saturated carbocycles. The summed E-state index contributed by atoms with van der Waals surface area (Å²) in [5.41, 5.74) is -0.556. The number of carbonyl (C=O) groups is 3. The van der Waals surface area contributed by atoms with Crippen LogP contribution in [-0.4, -0.2) is 84.9 Å². The third-order valence-electron chi connectivity index (χ3n) is 8.16. The van der Waals surface area contributed by atoms with E-state index in [9.17, 15) is 19.5 Å². The number of hydrogen-bond acceptors (Lipinski definition) is 6. The minimum atomic E-state index is -0.814. The second kappa shape index (κ2) is 11.3. The summed E-state index contributed by atoms with van der Waals surface area (Å²) in [5, 5.41) is 10.3. The van der Waals surface area contributed by atoms with Crippen molar-refractivity contribution in [1.29, 1.82) is 0 Å². The lowest BCUT2D eigenvalue weighted by atomic mass is 9.70. The molecule has 38 heavy (non-hydrogen) atoms. The van der Waals surface area contributed by atoms with Crippen LogP contribution in [0.5, 0.6) is 0 Å². The summed E-state index contributed by atoms with van der Waals surface area (Å²) in [6.45, 7) is 22.2. The average molecular weight is 614 g/mol. The van der Waals surface area contributed by atoms with Gasteiger partial charge < -0.3 is 19.6 Å². The van der Waals surface area contributed by atoms with Crippen LogP contribution in [-0.2, 0) is 19.1 Å². The highest BCUT2D eigenvalue weighted by atomic mass is 79.9. The highest BCUT2D eigenvalue weighted by Crippen LogP contribution is 2.68. The van der Waals surface area contributed by atoms with Crippen molar-refractivity contribution in [3.05, 3.63) is 25.3 Å². The normalized spacial score (nSPS) is 31.4. The topological polar surface area (TPSA) is 87.1 Å². The Bertz CT molecular complexity index is 963. The predicted molar refractivity (Wildman–Crippen MR) is 156 cm³/mol. The summed E-state index contributed by atoms with van der Waals surface area (Å²) in [6.07, 6.45) is 4.57. The van der Waals surface area contributed by atoms with Crippen molar-refractivity contribution in [2.45, 2.75) is 93.8 Å². The second-order valence-corrected chi connectivity index (χ2v) is 15.8. The summed E-state index contributed by atoms with van der Waals surface area (Å²) in [4.78, 5) is 45.8. The molecule has 0 aliphatic carbocycles. The van der Waals surface area contributed by atoms with E-state index >= 15 is 0 Å². The van der Waals surface area contributed by atoms with Crippen molar-refractivity contribution in [2.24, 2.45) is 23.2 Å². The second-order valence-electron chi connectivity index (χ2n) is 13.1. The van der Waals surface area contributed by atoms with Crippen LogP contribution in [0.4, 0.5) is 0 Å². The number of hydrogen-bond donors (Lipinski definition) is 1. The molecule has 0 radical (unpaired) electrons. The zero-order valence-corrected chi connectivity index (χ0v) is 26.3. The molecule has 2 bridgehead atoms. The van der Waals surface area contributed by atoms with Gasteiger partial charge in [0.2, 0.25) is 11.8 Å². The molecule has 2 amide bonds. The third kappa shape index (κ3) is 5.36. The van der Waals surface area contributed by atoms with Crippen LogP contribution < -0.4 is 0 Å². The number of ether oxygens (including phenoxy) is 1. The van der Waals surface area contributed by atoms with E-state index < -0.39 is 40.2 Å². The minimum Gasteiger partial charge on any atom is -0.461 e. The molecule has 3 unspecified atom stereocenters. The van der Waals surface area contributed by atoms with E-state index in [0.717, 1.165) is 6.42 Å². The molecule has 0 aromatic heterocycles. The minimum absolute atomic E-state index is 0.0394. The highest BCUT2D eigenvalue weighted by molar-refractivity contribution is 9.09. The molecule has 3 saturated heterocycles. The van der Waals surface area contributed by atoms with Gasteiger partial charge >= 0.3 is 5.97 Å². The molecule has 3 fully saturated rings. The van der Waals surface area contributed by atoms with Gasteiger partial charge in [0, 0.05) is 22.2 Å². The van der Waals surface area contributed by atoms with Crippen LogP contribution in [0.1, 0.15) is 61.3 Å². The van der Waals surface area contributed by atoms with E-state index in [2.05, 4.69) is 63.7 Å². The summed E-state index contributed by atoms with van der Waals surface area (Å²) in [7, 11) is 0. The van der Waals surface area contributed by atoms with Crippen LogP contribution in [0.2, 0.25) is 0 Å². The van der Waals surface area contributed by atoms with Crippen LogP contribution in [0.3, 0.4) is 0 Å². The Kier molecular flexibility index (Phi) is 9.26. The average Bonchev–Trinajstić information content (AvgIpc) is 3.38. The lowest BCUT2D eigenvalue weighted by Crippen LogP contribution is -2.62. The molecule has 7 nitrogen and oxygen atoms in total. The smallest absolute Gasteiger partial charge is 0.311 e. The fraction of sp³-hybridized carbons (Fsp3) is 0.759. The number of fused-ring (bicyclic) bond motifs is 1. The molecule has 1 spiro atoms. The number of esters is 1. The number of nitrogens with zero attached hydrogens (tertiary/aromatic N) is 2. The first-order valence-corrected chi connectivity index (χ1v) is 15.3. The Morgan fingerprint density at radius 2 is 1.89 bits per heavy atom. The van der Waals surface area contributed by atoms with Crippen molar-refractivity contribution >= 4 is 45.5 Å². The summed E-state index contributed by atoms with van der Waals surface area (Å²) < 4.78 is 4.67. The van der Waals surface area contributed by atoms with Crippen molar-refractivity contribution in [2.75, 3.05) is 19.8 Å². The monoisotopic (exact) mass is 612 g/mol. The Balaban J connectivity index is 2.17. The Morgan fingerprint density at radius 3 is 2.39 bits per heavy atom. The molecule has 214 valence electrons. The van der Waals surface area contributed by atoms with Gasteiger partial charge in [0.05, 0.1) is 29.2 Å². The van der Waals surface area contributed by atoms with Crippen molar-refractivity contribution in [3.63, 3.8) is 0 Å². The van der Waals surface area contributed by atoms with Gasteiger partial charge in [-0.05, 0) is 38.0 Å². The molecular weight excluding hydrogens is 568 g/mol. The maximum Gasteiger partial charge on any atom is 0.311 e. The standard InChI is InChI=1S/C29H45BrN2O5S/c1-10-12-31(28(8,9)16-27(5,6)7)25(35)23-29-14-18(30)22(38-29)20(26(36)37-13-11-2)21(29)24(34)32(23)19(15-33)17(3)4/h10-11,17-23,33H,1-2,12-16H2,3-9H3/t18?,19-,20-,21-,22-,23?,29?/m0/s1. The van der Waals surface area contributed by atoms with E-state index in [1.165, 1.54) is 6.08 Å². The first-order chi connectivity index (χ1) is 17.6. The molecule has 3 rings (SSSR count). The van der Waals surface area contributed by atoms with E-state index in [0.29, 0.717) is 13.0 Å². The molecule has 0 aromatic rings. The van der Waals surface area contributed by atoms with Gasteiger partial charge in [0.1, 0.15) is 12.6 Å². The third-order valence-corrected chi connectivity index (χ3v) is 11.4. The van der Waals surface area contributed by atoms with Gasteiger partial charge in [0.15, 0.2) is 0 Å². The van der Waals surface area contributed by atoms with Gasteiger partial charge in [-0.25, -0.2) is 0 Å². The van der Waals surface area contributed by atoms with E-state index in [4.69, 9.17) is 4.74 Å². The van der Waals surface area contributed by atoms with Crippen molar-refractivity contribution in [1.82, 2.24) is 9.80 Å². The van der Waals surface area contributed by atoms with Crippen LogP contribution in [0.15, 0.2) is 25.3 Å². The number of thioether (sulfide) groups is 1. The fourth-order valence-corrected chi connectivity index (χ4v) is 10.7. The molecule has 9 heteroatoms. The molecular formula is C29H45BrN2O5S. The van der Waals surface area contributed by atoms with Crippen molar-refractivity contribution in [3.8, 4) is 0 Å². The maximum absolute atomic E-state index is 14.8. The molecule has 3 aliphatic heterocycles. The number of aliphatic hydroxyl groups is 1. The maximum atomic E-state index is 14.8. The van der Waals surface area contributed by atoms with Gasteiger partial charge in [-0.2, -0.15) is 0 Å². The number of aliphatic hydroxyl groups excluding tert-OH is 1. The number of rotatable bonds is 11. The molecule has 3 aliphatic rings. The van der Waals surface area contributed by atoms with E-state index in [1.807, 2.05) is 18.7 Å². The lowest BCUT2D eigenvalue weighted by molar-refractivity contribution is -0.154. The zero-order valence-electron chi connectivity index (χ0n) is 23.9. The lowest BCUT2D eigenvalue weighted by Gasteiger charge is -2.47. The van der Waals surface area contributed by atoms with E-state index in [1.54, 1.807) is 22.7 Å². The Hall–Kier alpha value is -1.32. The van der Waals surface area contributed by atoms with Crippen LogP contribution in [0.25, 0.3) is 0 Å². The quantitative estimate of drug-likeness (QED) is 0.211. The number of halogens is 1. The van der Waals surface area contributed by atoms with Gasteiger partial charge in [-0.1, -0.05) is 69.3 Å². The van der Waals surface area contributed by atoms with Crippen LogP contribution in [0, 0.1) is 23.2 Å². The summed E-state index contributed by atoms with van der Waals surface area (Å²) >= 11 is 5.36. The predicted octanol–water partition coefficient (Wildman–Crippen LogP) is 4.43. The zero-order chi connectivity index (χ0) is 28.8. The van der Waals surface area contributed by atoms with Gasteiger partial charge in [-0.15, -0.1) is 18.3 Å². The molecule has 0 aromatic carbocycles. The molecule has 3 heterocycles. The number of carbonyl (C=O) groups excluding carboxylic acids is 3. The van der Waals surface area contributed by atoms with Gasteiger partial charge in [0.25, 0.3) is 0 Å². The summed E-state index contributed by atoms with van der Waals surface area (Å²) in [6, 6.07) is -1.36. The molecule has 1 N–H and O–H groups in total. The first-order valence-electron chi connectivity index (χ1n) is 13.5. The summed E-state index contributed by atoms with van der Waals surface area (Å²) in [5.74, 6) is -2.27. The molecule has 7 atom stereocenters. The number of amides is 2. The number of likely N-dealkylation sites (tertiary alicyclic amines) is 1. The highest BCUT2D eigenvalue weighted by Gasteiger charge is 2.77. The van der Waals surface area contributed by atoms with Gasteiger partial charge in [-0.3, -0.25) is 14.4 Å². The van der Waals surface area contributed by atoms with Crippen LogP contribution >= 0.6 is 27.7 Å². The van der Waals surface area contributed by atoms with E-state index in [-0.39, 0.29) is 46.4 Å². The Labute approximate surface area is 240 Å². The largest absolute Gasteiger partial charge is 0.461 e. The first kappa shape index (κ1) is 31.2. The number of alkyl halides is 1.